The fourth-order valence-electron chi connectivity index (χ4n) is 2.80. The van der Waals surface area contributed by atoms with E-state index in [2.05, 4.69) is 11.9 Å². The number of halogens is 2. The largest absolute Gasteiger partial charge is 0.306 e. The summed E-state index contributed by atoms with van der Waals surface area (Å²) in [7, 11) is 3.98. The number of likely N-dealkylation sites (N-methyl/N-ethyl adjacent to an activating group) is 1. The molecule has 1 aliphatic rings. The monoisotopic (exact) mass is 296 g/mol. The zero-order chi connectivity index (χ0) is 15.4. The highest BCUT2D eigenvalue weighted by Gasteiger charge is 2.20. The fourth-order valence-corrected chi connectivity index (χ4v) is 2.80. The Bertz CT molecular complexity index is 499. The van der Waals surface area contributed by atoms with Crippen molar-refractivity contribution in [1.82, 2.24) is 9.80 Å². The number of hydrogen-bond donors (Lipinski definition) is 0. The first-order chi connectivity index (χ1) is 9.95. The summed E-state index contributed by atoms with van der Waals surface area (Å²) in [5.74, 6) is -1.17. The van der Waals surface area contributed by atoms with E-state index in [0.717, 1.165) is 44.6 Å². The van der Waals surface area contributed by atoms with Gasteiger partial charge in [-0.25, -0.2) is 8.78 Å². The molecule has 21 heavy (non-hydrogen) atoms. The van der Waals surface area contributed by atoms with E-state index in [1.54, 1.807) is 0 Å². The Hall–Kier alpha value is -1.33. The summed E-state index contributed by atoms with van der Waals surface area (Å²) in [5.41, 5.74) is -0.0355. The van der Waals surface area contributed by atoms with E-state index in [0.29, 0.717) is 5.92 Å². The highest BCUT2D eigenvalue weighted by atomic mass is 19.1. The summed E-state index contributed by atoms with van der Waals surface area (Å²) in [4.78, 5) is 16.3. The summed E-state index contributed by atoms with van der Waals surface area (Å²) >= 11 is 0. The first-order valence-electron chi connectivity index (χ1n) is 7.31. The minimum Gasteiger partial charge on any atom is -0.306 e. The van der Waals surface area contributed by atoms with Gasteiger partial charge in [0.2, 0.25) is 0 Å². The molecule has 0 atom stereocenters. The predicted molar refractivity (Wildman–Crippen MR) is 78.4 cm³/mol. The van der Waals surface area contributed by atoms with Crippen LogP contribution in [-0.2, 0) is 0 Å². The number of nitrogens with zero attached hydrogens (tertiary/aromatic N) is 2. The molecule has 1 aromatic carbocycles. The zero-order valence-corrected chi connectivity index (χ0v) is 12.6. The van der Waals surface area contributed by atoms with Gasteiger partial charge in [0, 0.05) is 12.6 Å². The van der Waals surface area contributed by atoms with Crippen LogP contribution in [0.4, 0.5) is 8.78 Å². The number of likely N-dealkylation sites (tertiary alicyclic amines) is 1. The highest BCUT2D eigenvalue weighted by molar-refractivity contribution is 5.97. The summed E-state index contributed by atoms with van der Waals surface area (Å²) in [6.45, 7) is 3.16. The van der Waals surface area contributed by atoms with Gasteiger partial charge in [0.1, 0.15) is 11.6 Å². The number of piperidine rings is 1. The minimum atomic E-state index is -0.785. The molecule has 3 nitrogen and oxygen atoms in total. The molecule has 0 bridgehead atoms. The summed E-state index contributed by atoms with van der Waals surface area (Å²) in [6.07, 6.45) is 2.25. The first-order valence-corrected chi connectivity index (χ1v) is 7.31. The molecule has 0 spiro atoms. The molecule has 0 radical (unpaired) electrons. The van der Waals surface area contributed by atoms with Crippen LogP contribution in [0.1, 0.15) is 23.2 Å². The Kier molecular flexibility index (Phi) is 5.42. The number of Topliss-reactive ketones (excluding diaryl/α,β-unsaturated/α-hetero) is 1. The maximum atomic E-state index is 13.6. The van der Waals surface area contributed by atoms with Gasteiger partial charge in [0.15, 0.2) is 5.78 Å². The average molecular weight is 296 g/mol. The quantitative estimate of drug-likeness (QED) is 0.780. The van der Waals surface area contributed by atoms with Gasteiger partial charge < -0.3 is 4.90 Å². The lowest BCUT2D eigenvalue weighted by molar-refractivity contribution is 0.0921. The highest BCUT2D eigenvalue weighted by Crippen LogP contribution is 2.17. The van der Waals surface area contributed by atoms with Gasteiger partial charge in [-0.1, -0.05) is 0 Å². The Morgan fingerprint density at radius 3 is 2.62 bits per heavy atom. The van der Waals surface area contributed by atoms with Crippen molar-refractivity contribution >= 4 is 5.78 Å². The Morgan fingerprint density at radius 1 is 1.33 bits per heavy atom. The van der Waals surface area contributed by atoms with Crippen molar-refractivity contribution in [2.24, 2.45) is 5.92 Å². The van der Waals surface area contributed by atoms with Gasteiger partial charge in [0.25, 0.3) is 0 Å². The van der Waals surface area contributed by atoms with Crippen molar-refractivity contribution in [2.45, 2.75) is 12.8 Å². The Labute approximate surface area is 124 Å². The van der Waals surface area contributed by atoms with Crippen molar-refractivity contribution in [3.05, 3.63) is 35.4 Å². The molecule has 1 saturated heterocycles. The Balaban J connectivity index is 1.87. The van der Waals surface area contributed by atoms with Gasteiger partial charge in [0.05, 0.1) is 12.1 Å². The van der Waals surface area contributed by atoms with E-state index in [1.807, 2.05) is 11.9 Å². The molecule has 1 aromatic rings. The molecule has 0 aromatic heterocycles. The van der Waals surface area contributed by atoms with Crippen molar-refractivity contribution in [3.8, 4) is 0 Å². The number of ketones is 1. The van der Waals surface area contributed by atoms with Gasteiger partial charge in [-0.15, -0.1) is 0 Å². The molecule has 0 aliphatic carbocycles. The smallest absolute Gasteiger partial charge is 0.179 e. The van der Waals surface area contributed by atoms with Crippen molar-refractivity contribution in [1.29, 1.82) is 0 Å². The Morgan fingerprint density at radius 2 is 2.00 bits per heavy atom. The standard InChI is InChI=1S/C16H22F2N2O/c1-19-7-5-12(6-8-19)10-20(2)11-16(21)14-4-3-13(17)9-15(14)18/h3-4,9,12H,5-8,10-11H2,1-2H3. The molecular weight excluding hydrogens is 274 g/mol. The van der Waals surface area contributed by atoms with Crippen LogP contribution in [0, 0.1) is 17.6 Å². The zero-order valence-electron chi connectivity index (χ0n) is 12.6. The van der Waals surface area contributed by atoms with Gasteiger partial charge in [-0.3, -0.25) is 9.69 Å². The molecule has 0 amide bonds. The van der Waals surface area contributed by atoms with Crippen molar-refractivity contribution < 1.29 is 13.6 Å². The van der Waals surface area contributed by atoms with Gasteiger partial charge in [-0.05, 0) is 58.1 Å². The lowest BCUT2D eigenvalue weighted by Crippen LogP contribution is -2.37. The number of carbonyl (C=O) groups is 1. The number of hydrogen-bond acceptors (Lipinski definition) is 3. The molecular formula is C16H22F2N2O. The minimum absolute atomic E-state index is 0.0355. The summed E-state index contributed by atoms with van der Waals surface area (Å²) in [6, 6.07) is 3.09. The second-order valence-corrected chi connectivity index (χ2v) is 5.99. The van der Waals surface area contributed by atoms with Crippen LogP contribution in [0.25, 0.3) is 0 Å². The number of rotatable bonds is 5. The van der Waals surface area contributed by atoms with Crippen LogP contribution < -0.4 is 0 Å². The van der Waals surface area contributed by atoms with Crippen molar-refractivity contribution in [2.75, 3.05) is 40.3 Å². The SMILES string of the molecule is CN1CCC(CN(C)CC(=O)c2ccc(F)cc2F)CC1. The van der Waals surface area contributed by atoms with E-state index >= 15 is 0 Å². The number of carbonyl (C=O) groups excluding carboxylic acids is 1. The summed E-state index contributed by atoms with van der Waals surface area (Å²) in [5, 5.41) is 0. The fraction of sp³-hybridized carbons (Fsp3) is 0.562. The third kappa shape index (κ3) is 4.58. The molecule has 0 N–H and O–H groups in total. The summed E-state index contributed by atoms with van der Waals surface area (Å²) < 4.78 is 26.4. The van der Waals surface area contributed by atoms with E-state index in [1.165, 1.54) is 6.07 Å². The molecule has 0 saturated carbocycles. The van der Waals surface area contributed by atoms with Crippen LogP contribution in [-0.4, -0.2) is 55.9 Å². The lowest BCUT2D eigenvalue weighted by Gasteiger charge is -2.31. The number of benzene rings is 1. The third-order valence-electron chi connectivity index (χ3n) is 4.05. The topological polar surface area (TPSA) is 23.6 Å². The van der Waals surface area contributed by atoms with Crippen LogP contribution in [0.5, 0.6) is 0 Å². The lowest BCUT2D eigenvalue weighted by atomic mass is 9.96. The normalized spacial score (nSPS) is 17.4. The van der Waals surface area contributed by atoms with Crippen LogP contribution in [0.15, 0.2) is 18.2 Å². The van der Waals surface area contributed by atoms with Crippen LogP contribution in [0.3, 0.4) is 0 Å². The predicted octanol–water partition coefficient (Wildman–Crippen LogP) is 2.42. The van der Waals surface area contributed by atoms with E-state index in [-0.39, 0.29) is 17.9 Å². The maximum absolute atomic E-state index is 13.6. The van der Waals surface area contributed by atoms with Gasteiger partial charge >= 0.3 is 0 Å². The van der Waals surface area contributed by atoms with Crippen molar-refractivity contribution in [3.63, 3.8) is 0 Å². The molecule has 1 heterocycles. The van der Waals surface area contributed by atoms with Crippen LogP contribution >= 0.6 is 0 Å². The van der Waals surface area contributed by atoms with Gasteiger partial charge in [-0.2, -0.15) is 0 Å². The average Bonchev–Trinajstić information content (AvgIpc) is 2.41. The van der Waals surface area contributed by atoms with E-state index in [4.69, 9.17) is 0 Å². The molecule has 2 rings (SSSR count). The van der Waals surface area contributed by atoms with Crippen LogP contribution in [0.2, 0.25) is 0 Å². The molecule has 1 fully saturated rings. The first kappa shape index (κ1) is 16.0. The molecule has 1 aliphatic heterocycles. The van der Waals surface area contributed by atoms with E-state index < -0.39 is 11.6 Å². The molecule has 0 unspecified atom stereocenters. The molecule has 5 heteroatoms. The van der Waals surface area contributed by atoms with E-state index in [9.17, 15) is 13.6 Å². The maximum Gasteiger partial charge on any atom is 0.179 e. The molecule has 116 valence electrons. The third-order valence-corrected chi connectivity index (χ3v) is 4.05. The second-order valence-electron chi connectivity index (χ2n) is 5.99. The second kappa shape index (κ2) is 7.09.